The molecule has 1 aliphatic heterocycles. The zero-order valence-corrected chi connectivity index (χ0v) is 11.2. The van der Waals surface area contributed by atoms with E-state index in [2.05, 4.69) is 5.32 Å². The number of nitrogens with one attached hydrogen (secondary N) is 1. The molecule has 0 aromatic heterocycles. The van der Waals surface area contributed by atoms with Crippen LogP contribution in [0.25, 0.3) is 0 Å². The van der Waals surface area contributed by atoms with Gasteiger partial charge in [0.25, 0.3) is 0 Å². The van der Waals surface area contributed by atoms with Gasteiger partial charge in [-0.05, 0) is 45.2 Å². The lowest BCUT2D eigenvalue weighted by atomic mass is 9.97. The average Bonchev–Trinajstić information content (AvgIpc) is 2.55. The molecule has 17 heavy (non-hydrogen) atoms. The Labute approximate surface area is 105 Å². The van der Waals surface area contributed by atoms with Gasteiger partial charge in [-0.1, -0.05) is 6.42 Å². The molecule has 0 spiro atoms. The van der Waals surface area contributed by atoms with Gasteiger partial charge in [0.2, 0.25) is 0 Å². The van der Waals surface area contributed by atoms with Crippen molar-refractivity contribution in [3.05, 3.63) is 0 Å². The minimum Gasteiger partial charge on any atom is -0.391 e. The number of methoxy groups -OCH3 is 1. The fraction of sp³-hybridized carbons (Fsp3) is 1.00. The van der Waals surface area contributed by atoms with Gasteiger partial charge in [0, 0.05) is 7.11 Å². The number of rotatable bonds is 7. The first-order valence-electron chi connectivity index (χ1n) is 6.71. The largest absolute Gasteiger partial charge is 0.391 e. The van der Waals surface area contributed by atoms with E-state index in [0.29, 0.717) is 19.1 Å². The molecule has 3 unspecified atom stereocenters. The number of hydrogen-bond acceptors (Lipinski definition) is 4. The molecule has 0 aromatic rings. The lowest BCUT2D eigenvalue weighted by Gasteiger charge is -2.20. The Morgan fingerprint density at radius 2 is 2.18 bits per heavy atom. The van der Waals surface area contributed by atoms with Gasteiger partial charge >= 0.3 is 0 Å². The van der Waals surface area contributed by atoms with Crippen molar-refractivity contribution in [2.75, 3.05) is 33.4 Å². The third kappa shape index (κ3) is 6.99. The summed E-state index contributed by atoms with van der Waals surface area (Å²) in [7, 11) is 1.66. The molecular formula is C13H27NO3. The molecule has 0 amide bonds. The van der Waals surface area contributed by atoms with Crippen LogP contribution in [-0.2, 0) is 9.47 Å². The lowest BCUT2D eigenvalue weighted by molar-refractivity contribution is -0.0374. The minimum atomic E-state index is -0.348. The van der Waals surface area contributed by atoms with Crippen LogP contribution in [0.5, 0.6) is 0 Å². The van der Waals surface area contributed by atoms with Crippen LogP contribution in [0, 0.1) is 5.92 Å². The smallest absolute Gasteiger partial charge is 0.0781 e. The van der Waals surface area contributed by atoms with Crippen molar-refractivity contribution in [2.24, 2.45) is 5.92 Å². The molecule has 3 atom stereocenters. The second-order valence-corrected chi connectivity index (χ2v) is 5.05. The molecule has 0 aromatic carbocycles. The molecule has 4 heteroatoms. The Morgan fingerprint density at radius 1 is 1.35 bits per heavy atom. The predicted octanol–water partition coefficient (Wildman–Crippen LogP) is 1.18. The van der Waals surface area contributed by atoms with Gasteiger partial charge in [-0.3, -0.25) is 0 Å². The van der Waals surface area contributed by atoms with E-state index in [4.69, 9.17) is 9.47 Å². The molecule has 1 fully saturated rings. The molecule has 0 bridgehead atoms. The SMILES string of the molecule is COCC(C)OCC(O)CC1CCCCNC1. The van der Waals surface area contributed by atoms with Crippen LogP contribution in [-0.4, -0.2) is 50.7 Å². The van der Waals surface area contributed by atoms with Crippen LogP contribution in [0.2, 0.25) is 0 Å². The number of hydrogen-bond donors (Lipinski definition) is 2. The highest BCUT2D eigenvalue weighted by Crippen LogP contribution is 2.17. The summed E-state index contributed by atoms with van der Waals surface area (Å²) in [6.45, 7) is 5.11. The summed E-state index contributed by atoms with van der Waals surface area (Å²) in [6, 6.07) is 0. The minimum absolute atomic E-state index is 0.0573. The van der Waals surface area contributed by atoms with E-state index in [1.165, 1.54) is 19.3 Å². The second kappa shape index (κ2) is 8.86. The Balaban J connectivity index is 2.12. The standard InChI is InChI=1S/C13H27NO3/c1-11(9-16-2)17-10-13(15)7-12-5-3-4-6-14-8-12/h11-15H,3-10H2,1-2H3. The Hall–Kier alpha value is -0.160. The maximum absolute atomic E-state index is 9.92. The van der Waals surface area contributed by atoms with Crippen molar-refractivity contribution >= 4 is 0 Å². The molecule has 4 nitrogen and oxygen atoms in total. The van der Waals surface area contributed by atoms with E-state index in [-0.39, 0.29) is 12.2 Å². The first-order chi connectivity index (χ1) is 8.22. The highest BCUT2D eigenvalue weighted by molar-refractivity contribution is 4.71. The van der Waals surface area contributed by atoms with E-state index in [0.717, 1.165) is 19.5 Å². The molecule has 1 heterocycles. The van der Waals surface area contributed by atoms with Crippen LogP contribution in [0.3, 0.4) is 0 Å². The summed E-state index contributed by atoms with van der Waals surface area (Å²) < 4.78 is 10.5. The third-order valence-electron chi connectivity index (χ3n) is 3.23. The van der Waals surface area contributed by atoms with E-state index in [9.17, 15) is 5.11 Å². The Bertz CT molecular complexity index is 182. The number of aliphatic hydroxyl groups is 1. The molecule has 0 aliphatic carbocycles. The van der Waals surface area contributed by atoms with Crippen molar-refractivity contribution < 1.29 is 14.6 Å². The van der Waals surface area contributed by atoms with Gasteiger partial charge in [-0.2, -0.15) is 0 Å². The summed E-state index contributed by atoms with van der Waals surface area (Å²) in [5.74, 6) is 0.592. The quantitative estimate of drug-likeness (QED) is 0.707. The van der Waals surface area contributed by atoms with Crippen LogP contribution >= 0.6 is 0 Å². The molecule has 1 saturated heterocycles. The van der Waals surface area contributed by atoms with Crippen molar-refractivity contribution in [3.63, 3.8) is 0 Å². The van der Waals surface area contributed by atoms with Crippen LogP contribution < -0.4 is 5.32 Å². The van der Waals surface area contributed by atoms with E-state index >= 15 is 0 Å². The summed E-state index contributed by atoms with van der Waals surface area (Å²) >= 11 is 0. The molecule has 2 N–H and O–H groups in total. The van der Waals surface area contributed by atoms with Gasteiger partial charge in [0.1, 0.15) is 0 Å². The Morgan fingerprint density at radius 3 is 2.94 bits per heavy atom. The maximum atomic E-state index is 9.92. The van der Waals surface area contributed by atoms with Crippen molar-refractivity contribution in [1.82, 2.24) is 5.32 Å². The normalized spacial score (nSPS) is 25.2. The Kier molecular flexibility index (Phi) is 7.77. The summed E-state index contributed by atoms with van der Waals surface area (Å²) in [5.41, 5.74) is 0. The van der Waals surface area contributed by atoms with Crippen LogP contribution in [0.15, 0.2) is 0 Å². The topological polar surface area (TPSA) is 50.7 Å². The van der Waals surface area contributed by atoms with Crippen LogP contribution in [0.1, 0.15) is 32.6 Å². The predicted molar refractivity (Wildman–Crippen MR) is 68.1 cm³/mol. The van der Waals surface area contributed by atoms with Crippen molar-refractivity contribution in [3.8, 4) is 0 Å². The lowest BCUT2D eigenvalue weighted by Crippen LogP contribution is -2.28. The van der Waals surface area contributed by atoms with E-state index in [1.807, 2.05) is 6.92 Å². The van der Waals surface area contributed by atoms with Crippen LogP contribution in [0.4, 0.5) is 0 Å². The second-order valence-electron chi connectivity index (χ2n) is 5.05. The number of ether oxygens (including phenoxy) is 2. The van der Waals surface area contributed by atoms with E-state index < -0.39 is 0 Å². The molecular weight excluding hydrogens is 218 g/mol. The van der Waals surface area contributed by atoms with Crippen molar-refractivity contribution in [2.45, 2.75) is 44.8 Å². The highest BCUT2D eigenvalue weighted by Gasteiger charge is 2.17. The summed E-state index contributed by atoms with van der Waals surface area (Å²) in [4.78, 5) is 0. The van der Waals surface area contributed by atoms with Gasteiger partial charge in [0.15, 0.2) is 0 Å². The molecule has 0 saturated carbocycles. The van der Waals surface area contributed by atoms with E-state index in [1.54, 1.807) is 7.11 Å². The molecule has 1 aliphatic rings. The molecule has 0 radical (unpaired) electrons. The zero-order valence-electron chi connectivity index (χ0n) is 11.2. The monoisotopic (exact) mass is 245 g/mol. The highest BCUT2D eigenvalue weighted by atomic mass is 16.5. The fourth-order valence-corrected chi connectivity index (χ4v) is 2.30. The van der Waals surface area contributed by atoms with Gasteiger partial charge in [-0.15, -0.1) is 0 Å². The first-order valence-corrected chi connectivity index (χ1v) is 6.71. The molecule has 1 rings (SSSR count). The summed E-state index contributed by atoms with van der Waals surface area (Å²) in [5, 5.41) is 13.3. The fourth-order valence-electron chi connectivity index (χ4n) is 2.30. The third-order valence-corrected chi connectivity index (χ3v) is 3.23. The number of aliphatic hydroxyl groups excluding tert-OH is 1. The maximum Gasteiger partial charge on any atom is 0.0781 e. The zero-order chi connectivity index (χ0) is 12.5. The van der Waals surface area contributed by atoms with Crippen molar-refractivity contribution in [1.29, 1.82) is 0 Å². The first kappa shape index (κ1) is 14.9. The van der Waals surface area contributed by atoms with Gasteiger partial charge in [-0.25, -0.2) is 0 Å². The average molecular weight is 245 g/mol. The van der Waals surface area contributed by atoms with Gasteiger partial charge in [0.05, 0.1) is 25.4 Å². The molecule has 102 valence electrons. The summed E-state index contributed by atoms with van der Waals surface area (Å²) in [6.07, 6.45) is 4.30. The van der Waals surface area contributed by atoms with Gasteiger partial charge < -0.3 is 19.9 Å².